The summed E-state index contributed by atoms with van der Waals surface area (Å²) >= 11 is 6.41. The summed E-state index contributed by atoms with van der Waals surface area (Å²) in [6, 6.07) is 6.51. The summed E-state index contributed by atoms with van der Waals surface area (Å²) in [5, 5.41) is 10.6. The minimum atomic E-state index is -0.472. The number of anilines is 2. The van der Waals surface area contributed by atoms with Gasteiger partial charge in [-0.3, -0.25) is 19.2 Å². The Morgan fingerprint density at radius 2 is 2.00 bits per heavy atom. The zero-order chi connectivity index (χ0) is 22.5. The number of likely N-dealkylation sites (tertiary alicyclic amines) is 1. The van der Waals surface area contributed by atoms with Gasteiger partial charge in [0.2, 0.25) is 11.8 Å². The average molecular weight is 446 g/mol. The van der Waals surface area contributed by atoms with Gasteiger partial charge in [0.1, 0.15) is 6.04 Å². The molecular weight excluding hydrogens is 414 g/mol. The number of piperidine rings is 1. The van der Waals surface area contributed by atoms with Crippen molar-refractivity contribution in [1.82, 2.24) is 14.7 Å². The third kappa shape index (κ3) is 5.66. The highest BCUT2D eigenvalue weighted by molar-refractivity contribution is 6.34. The fraction of sp³-hybridized carbons (Fsp3) is 0.522. The number of carbonyl (C=O) groups excluding carboxylic acids is 2. The topological polar surface area (TPSA) is 79.3 Å². The molecule has 2 amide bonds. The summed E-state index contributed by atoms with van der Waals surface area (Å²) in [5.74, 6) is -0.207. The van der Waals surface area contributed by atoms with Crippen LogP contribution < -0.4 is 10.6 Å². The fourth-order valence-corrected chi connectivity index (χ4v) is 4.38. The van der Waals surface area contributed by atoms with E-state index >= 15 is 0 Å². The van der Waals surface area contributed by atoms with E-state index in [1.165, 1.54) is 0 Å². The van der Waals surface area contributed by atoms with Crippen LogP contribution in [-0.4, -0.2) is 45.6 Å². The van der Waals surface area contributed by atoms with E-state index in [0.717, 1.165) is 50.2 Å². The molecule has 1 saturated heterocycles. The summed E-state index contributed by atoms with van der Waals surface area (Å²) < 4.78 is 1.69. The van der Waals surface area contributed by atoms with Gasteiger partial charge in [-0.1, -0.05) is 24.9 Å². The van der Waals surface area contributed by atoms with E-state index in [9.17, 15) is 9.59 Å². The maximum absolute atomic E-state index is 12.8. The number of benzene rings is 1. The second-order valence-corrected chi connectivity index (χ2v) is 8.68. The Bertz CT molecular complexity index is 940. The van der Waals surface area contributed by atoms with Crippen LogP contribution in [0, 0.1) is 13.8 Å². The van der Waals surface area contributed by atoms with Crippen LogP contribution in [0.1, 0.15) is 57.0 Å². The van der Waals surface area contributed by atoms with Gasteiger partial charge in [-0.25, -0.2) is 0 Å². The molecule has 168 valence electrons. The van der Waals surface area contributed by atoms with Gasteiger partial charge in [0.05, 0.1) is 22.4 Å². The molecule has 1 aliphatic heterocycles. The Morgan fingerprint density at radius 3 is 2.65 bits per heavy atom. The lowest BCUT2D eigenvalue weighted by Crippen LogP contribution is -2.47. The molecule has 0 radical (unpaired) electrons. The predicted molar refractivity (Wildman–Crippen MR) is 125 cm³/mol. The number of nitrogens with zero attached hydrogens (tertiary/aromatic N) is 3. The number of hydrogen-bond acceptors (Lipinski definition) is 4. The van der Waals surface area contributed by atoms with Crippen molar-refractivity contribution in [3.63, 3.8) is 0 Å². The molecule has 0 aliphatic carbocycles. The summed E-state index contributed by atoms with van der Waals surface area (Å²) in [7, 11) is 0. The molecule has 0 saturated carbocycles. The van der Waals surface area contributed by atoms with Gasteiger partial charge < -0.3 is 10.6 Å². The summed E-state index contributed by atoms with van der Waals surface area (Å²) in [6.07, 6.45) is 4.11. The molecule has 2 unspecified atom stereocenters. The van der Waals surface area contributed by atoms with Crippen molar-refractivity contribution in [1.29, 1.82) is 0 Å². The van der Waals surface area contributed by atoms with Gasteiger partial charge in [-0.15, -0.1) is 0 Å². The molecule has 0 spiro atoms. The summed E-state index contributed by atoms with van der Waals surface area (Å²) in [5.41, 5.74) is 2.92. The second-order valence-electron chi connectivity index (χ2n) is 8.27. The first-order valence-electron chi connectivity index (χ1n) is 11.0. The zero-order valence-corrected chi connectivity index (χ0v) is 19.5. The van der Waals surface area contributed by atoms with Crippen molar-refractivity contribution in [3.8, 4) is 0 Å². The zero-order valence-electron chi connectivity index (χ0n) is 18.7. The van der Waals surface area contributed by atoms with Crippen LogP contribution in [0.4, 0.5) is 11.4 Å². The van der Waals surface area contributed by atoms with Crippen molar-refractivity contribution < 1.29 is 9.59 Å². The first-order chi connectivity index (χ1) is 14.8. The molecule has 2 heterocycles. The molecule has 1 aliphatic rings. The van der Waals surface area contributed by atoms with Crippen molar-refractivity contribution in [2.75, 3.05) is 23.7 Å². The number of hydrogen-bond donors (Lipinski definition) is 2. The first-order valence-corrected chi connectivity index (χ1v) is 11.4. The normalized spacial score (nSPS) is 17.9. The van der Waals surface area contributed by atoms with Gasteiger partial charge in [-0.05, 0) is 77.4 Å². The number of nitrogens with one attached hydrogen (secondary N) is 2. The molecule has 3 rings (SSSR count). The molecule has 1 aromatic carbocycles. The van der Waals surface area contributed by atoms with Crippen LogP contribution in [0.5, 0.6) is 0 Å². The van der Waals surface area contributed by atoms with Crippen LogP contribution in [0.3, 0.4) is 0 Å². The Morgan fingerprint density at radius 1 is 1.23 bits per heavy atom. The first kappa shape index (κ1) is 23.3. The fourth-order valence-electron chi connectivity index (χ4n) is 4.15. The number of carbonyl (C=O) groups is 2. The van der Waals surface area contributed by atoms with Crippen molar-refractivity contribution >= 4 is 34.8 Å². The van der Waals surface area contributed by atoms with Gasteiger partial charge in [0, 0.05) is 11.4 Å². The lowest BCUT2D eigenvalue weighted by molar-refractivity contribution is -0.122. The van der Waals surface area contributed by atoms with Crippen LogP contribution >= 0.6 is 11.6 Å². The smallest absolute Gasteiger partial charge is 0.248 e. The van der Waals surface area contributed by atoms with Crippen LogP contribution in [0.2, 0.25) is 5.02 Å². The Balaban J connectivity index is 1.65. The number of aryl methyl sites for hydroxylation is 2. The molecule has 1 aromatic heterocycles. The molecular formula is C23H32ClN5O2. The third-order valence-electron chi connectivity index (χ3n) is 5.71. The molecule has 0 bridgehead atoms. The van der Waals surface area contributed by atoms with E-state index in [2.05, 4.69) is 27.6 Å². The molecule has 2 aromatic rings. The lowest BCUT2D eigenvalue weighted by Gasteiger charge is -2.34. The molecule has 8 heteroatoms. The molecule has 7 nitrogen and oxygen atoms in total. The second kappa shape index (κ2) is 10.3. The van der Waals surface area contributed by atoms with Crippen LogP contribution in [0.25, 0.3) is 0 Å². The molecule has 1 fully saturated rings. The van der Waals surface area contributed by atoms with E-state index < -0.39 is 6.04 Å². The SMILES string of the molecule is CCCN1CCCCC1C(=O)Nc1ccc(NC(=O)C(C)n2nc(C)cc2C)c(Cl)c1. The highest BCUT2D eigenvalue weighted by Gasteiger charge is 2.28. The van der Waals surface area contributed by atoms with Gasteiger partial charge in [-0.2, -0.15) is 5.10 Å². The highest BCUT2D eigenvalue weighted by Crippen LogP contribution is 2.27. The van der Waals surface area contributed by atoms with Crippen molar-refractivity contribution in [2.24, 2.45) is 0 Å². The Kier molecular flexibility index (Phi) is 7.73. The highest BCUT2D eigenvalue weighted by atomic mass is 35.5. The predicted octanol–water partition coefficient (Wildman–Crippen LogP) is 4.56. The number of amides is 2. The minimum absolute atomic E-state index is 0.000786. The standard InChI is InChI=1S/C23H32ClN5O2/c1-5-11-28-12-7-6-8-21(28)23(31)25-18-9-10-20(19(24)14-18)26-22(30)17(4)29-16(3)13-15(2)27-29/h9-10,13-14,17,21H,5-8,11-12H2,1-4H3,(H,25,31)(H,26,30). The number of rotatable bonds is 7. The van der Waals surface area contributed by atoms with Crippen molar-refractivity contribution in [2.45, 2.75) is 65.5 Å². The van der Waals surface area contributed by atoms with E-state index in [1.54, 1.807) is 29.8 Å². The van der Waals surface area contributed by atoms with Crippen molar-refractivity contribution in [3.05, 3.63) is 40.7 Å². The van der Waals surface area contributed by atoms with Gasteiger partial charge >= 0.3 is 0 Å². The number of aromatic nitrogens is 2. The third-order valence-corrected chi connectivity index (χ3v) is 6.03. The van der Waals surface area contributed by atoms with E-state index in [4.69, 9.17) is 11.6 Å². The lowest BCUT2D eigenvalue weighted by atomic mass is 10.0. The molecule has 31 heavy (non-hydrogen) atoms. The maximum Gasteiger partial charge on any atom is 0.248 e. The maximum atomic E-state index is 12.8. The summed E-state index contributed by atoms with van der Waals surface area (Å²) in [4.78, 5) is 27.8. The Hall–Kier alpha value is -2.38. The average Bonchev–Trinajstić information content (AvgIpc) is 3.07. The largest absolute Gasteiger partial charge is 0.325 e. The number of halogens is 1. The quantitative estimate of drug-likeness (QED) is 0.654. The summed E-state index contributed by atoms with van der Waals surface area (Å²) in [6.45, 7) is 9.63. The monoisotopic (exact) mass is 445 g/mol. The van der Waals surface area contributed by atoms with Gasteiger partial charge in [0.25, 0.3) is 0 Å². The van der Waals surface area contributed by atoms with E-state index in [1.807, 2.05) is 19.9 Å². The Labute approximate surface area is 189 Å². The minimum Gasteiger partial charge on any atom is -0.325 e. The van der Waals surface area contributed by atoms with Gasteiger partial charge in [0.15, 0.2) is 0 Å². The van der Waals surface area contributed by atoms with Crippen LogP contribution in [0.15, 0.2) is 24.3 Å². The van der Waals surface area contributed by atoms with E-state index in [0.29, 0.717) is 16.4 Å². The molecule has 2 atom stereocenters. The van der Waals surface area contributed by atoms with Crippen LogP contribution in [-0.2, 0) is 9.59 Å². The molecule has 2 N–H and O–H groups in total. The van der Waals surface area contributed by atoms with E-state index in [-0.39, 0.29) is 17.9 Å².